The maximum absolute atomic E-state index is 2.69. The molecule has 88 valence electrons. The Labute approximate surface area is 94.6 Å². The molecule has 1 saturated carbocycles. The van der Waals surface area contributed by atoms with Gasteiger partial charge in [0.05, 0.1) is 0 Å². The van der Waals surface area contributed by atoms with Gasteiger partial charge in [0.1, 0.15) is 0 Å². The van der Waals surface area contributed by atoms with Crippen molar-refractivity contribution in [3.63, 3.8) is 0 Å². The van der Waals surface area contributed by atoms with Gasteiger partial charge in [-0.3, -0.25) is 0 Å². The van der Waals surface area contributed by atoms with Crippen molar-refractivity contribution in [1.29, 1.82) is 0 Å². The molecule has 2 nitrogen and oxygen atoms in total. The third kappa shape index (κ3) is 3.46. The summed E-state index contributed by atoms with van der Waals surface area (Å²) in [6.07, 6.45) is 4.32. The van der Waals surface area contributed by atoms with Gasteiger partial charge in [-0.2, -0.15) is 0 Å². The fraction of sp³-hybridized carbons (Fsp3) is 1.00. The zero-order valence-corrected chi connectivity index (χ0v) is 10.6. The van der Waals surface area contributed by atoms with E-state index in [0.717, 1.165) is 17.8 Å². The van der Waals surface area contributed by atoms with Gasteiger partial charge in [0.2, 0.25) is 0 Å². The normalized spacial score (nSPS) is 33.6. The number of likely N-dealkylation sites (tertiary alicyclic amines) is 1. The smallest absolute Gasteiger partial charge is 0.00129 e. The molecule has 2 unspecified atom stereocenters. The predicted molar refractivity (Wildman–Crippen MR) is 65.0 cm³/mol. The van der Waals surface area contributed by atoms with E-state index in [1.165, 1.54) is 45.4 Å². The zero-order valence-electron chi connectivity index (χ0n) is 10.6. The highest BCUT2D eigenvalue weighted by molar-refractivity contribution is 4.90. The molecule has 0 aromatic rings. The van der Waals surface area contributed by atoms with Gasteiger partial charge in [0.15, 0.2) is 0 Å². The van der Waals surface area contributed by atoms with Crippen LogP contribution in [0.3, 0.4) is 0 Å². The summed E-state index contributed by atoms with van der Waals surface area (Å²) in [4.78, 5) is 5.03. The molecule has 1 heterocycles. The Morgan fingerprint density at radius 3 is 2.40 bits per heavy atom. The Bertz CT molecular complexity index is 195. The van der Waals surface area contributed by atoms with Gasteiger partial charge in [-0.25, -0.2) is 0 Å². The minimum atomic E-state index is 0.970. The van der Waals surface area contributed by atoms with Crippen molar-refractivity contribution in [1.82, 2.24) is 9.80 Å². The molecule has 0 N–H and O–H groups in total. The molecule has 2 heteroatoms. The molecule has 2 aliphatic rings. The van der Waals surface area contributed by atoms with Crippen molar-refractivity contribution in [2.24, 2.45) is 17.8 Å². The molecular formula is C13H26N2. The summed E-state index contributed by atoms with van der Waals surface area (Å²) in [6, 6.07) is 0. The summed E-state index contributed by atoms with van der Waals surface area (Å²) >= 11 is 0. The second-order valence-electron chi connectivity index (χ2n) is 6.00. The average molecular weight is 210 g/mol. The number of hydrogen-bond donors (Lipinski definition) is 0. The minimum Gasteiger partial charge on any atom is -0.309 e. The molecule has 1 aliphatic heterocycles. The Morgan fingerprint density at radius 1 is 1.13 bits per heavy atom. The first-order valence-corrected chi connectivity index (χ1v) is 6.52. The lowest BCUT2D eigenvalue weighted by atomic mass is 9.99. The zero-order chi connectivity index (χ0) is 10.8. The standard InChI is InChI=1S/C13H26N2/c1-11-4-6-15(7-5-11)10-13-8-12(13)9-14(2)3/h11-13H,4-10H2,1-3H3. The lowest BCUT2D eigenvalue weighted by Gasteiger charge is -2.30. The van der Waals surface area contributed by atoms with E-state index in [9.17, 15) is 0 Å². The van der Waals surface area contributed by atoms with E-state index >= 15 is 0 Å². The van der Waals surface area contributed by atoms with Crippen LogP contribution in [-0.4, -0.2) is 50.1 Å². The van der Waals surface area contributed by atoms with Gasteiger partial charge in [0, 0.05) is 13.1 Å². The Morgan fingerprint density at radius 2 is 1.80 bits per heavy atom. The van der Waals surface area contributed by atoms with Gasteiger partial charge in [-0.05, 0) is 64.2 Å². The molecule has 1 aliphatic carbocycles. The lowest BCUT2D eigenvalue weighted by molar-refractivity contribution is 0.181. The van der Waals surface area contributed by atoms with Crippen molar-refractivity contribution >= 4 is 0 Å². The number of hydrogen-bond acceptors (Lipinski definition) is 2. The summed E-state index contributed by atoms with van der Waals surface area (Å²) < 4.78 is 0. The van der Waals surface area contributed by atoms with Crippen LogP contribution in [0.15, 0.2) is 0 Å². The van der Waals surface area contributed by atoms with Crippen LogP contribution in [0.25, 0.3) is 0 Å². The monoisotopic (exact) mass is 210 g/mol. The van der Waals surface area contributed by atoms with Crippen LogP contribution in [0.1, 0.15) is 26.2 Å². The van der Waals surface area contributed by atoms with E-state index in [4.69, 9.17) is 0 Å². The lowest BCUT2D eigenvalue weighted by Crippen LogP contribution is -2.34. The summed E-state index contributed by atoms with van der Waals surface area (Å²) in [5, 5.41) is 0. The molecule has 2 atom stereocenters. The second-order valence-corrected chi connectivity index (χ2v) is 6.00. The van der Waals surface area contributed by atoms with Gasteiger partial charge >= 0.3 is 0 Å². The van der Waals surface area contributed by atoms with E-state index < -0.39 is 0 Å². The van der Waals surface area contributed by atoms with E-state index in [2.05, 4.69) is 30.8 Å². The third-order valence-corrected chi connectivity index (χ3v) is 4.04. The van der Waals surface area contributed by atoms with Gasteiger partial charge in [0.25, 0.3) is 0 Å². The van der Waals surface area contributed by atoms with E-state index in [1.54, 1.807) is 0 Å². The third-order valence-electron chi connectivity index (χ3n) is 4.04. The predicted octanol–water partition coefficient (Wildman–Crippen LogP) is 1.92. The van der Waals surface area contributed by atoms with E-state index in [1.807, 2.05) is 0 Å². The van der Waals surface area contributed by atoms with Gasteiger partial charge < -0.3 is 9.80 Å². The first-order chi connectivity index (χ1) is 7.15. The SMILES string of the molecule is CC1CCN(CC2CC2CN(C)C)CC1. The van der Waals surface area contributed by atoms with Crippen molar-refractivity contribution in [3.8, 4) is 0 Å². The summed E-state index contributed by atoms with van der Waals surface area (Å²) in [6.45, 7) is 7.78. The van der Waals surface area contributed by atoms with E-state index in [0.29, 0.717) is 0 Å². The summed E-state index contributed by atoms with van der Waals surface area (Å²) in [7, 11) is 4.38. The highest BCUT2D eigenvalue weighted by atomic mass is 15.1. The molecule has 0 aromatic carbocycles. The van der Waals surface area contributed by atoms with Crippen LogP contribution in [0.5, 0.6) is 0 Å². The minimum absolute atomic E-state index is 0.970. The molecule has 0 spiro atoms. The number of rotatable bonds is 4. The summed E-state index contributed by atoms with van der Waals surface area (Å²) in [5.41, 5.74) is 0. The van der Waals surface area contributed by atoms with Gasteiger partial charge in [-0.15, -0.1) is 0 Å². The Hall–Kier alpha value is -0.0800. The van der Waals surface area contributed by atoms with Crippen molar-refractivity contribution in [2.75, 3.05) is 40.3 Å². The fourth-order valence-corrected chi connectivity index (χ4v) is 2.80. The largest absolute Gasteiger partial charge is 0.309 e. The van der Waals surface area contributed by atoms with Crippen LogP contribution in [0, 0.1) is 17.8 Å². The Balaban J connectivity index is 1.63. The molecule has 2 rings (SSSR count). The van der Waals surface area contributed by atoms with Crippen LogP contribution in [0.4, 0.5) is 0 Å². The van der Waals surface area contributed by atoms with Crippen LogP contribution in [-0.2, 0) is 0 Å². The molecule has 0 amide bonds. The molecule has 0 radical (unpaired) electrons. The van der Waals surface area contributed by atoms with Crippen molar-refractivity contribution < 1.29 is 0 Å². The van der Waals surface area contributed by atoms with Crippen LogP contribution >= 0.6 is 0 Å². The molecule has 2 fully saturated rings. The van der Waals surface area contributed by atoms with E-state index in [-0.39, 0.29) is 0 Å². The highest BCUT2D eigenvalue weighted by Gasteiger charge is 2.38. The van der Waals surface area contributed by atoms with Crippen molar-refractivity contribution in [2.45, 2.75) is 26.2 Å². The average Bonchev–Trinajstić information content (AvgIpc) is 2.87. The fourth-order valence-electron chi connectivity index (χ4n) is 2.80. The van der Waals surface area contributed by atoms with Crippen LogP contribution < -0.4 is 0 Å². The van der Waals surface area contributed by atoms with Gasteiger partial charge in [-0.1, -0.05) is 6.92 Å². The first-order valence-electron chi connectivity index (χ1n) is 6.52. The topological polar surface area (TPSA) is 6.48 Å². The first kappa shape index (κ1) is 11.4. The number of piperidine rings is 1. The quantitative estimate of drug-likeness (QED) is 0.699. The number of nitrogens with zero attached hydrogens (tertiary/aromatic N) is 2. The van der Waals surface area contributed by atoms with Crippen LogP contribution in [0.2, 0.25) is 0 Å². The second kappa shape index (κ2) is 4.84. The maximum Gasteiger partial charge on any atom is 0.00129 e. The molecule has 1 saturated heterocycles. The molecule has 0 aromatic heterocycles. The maximum atomic E-state index is 2.69. The molecular weight excluding hydrogens is 184 g/mol. The molecule has 15 heavy (non-hydrogen) atoms. The summed E-state index contributed by atoms with van der Waals surface area (Å²) in [5.74, 6) is 2.98. The molecule has 0 bridgehead atoms. The van der Waals surface area contributed by atoms with Crippen molar-refractivity contribution in [3.05, 3.63) is 0 Å². The highest BCUT2D eigenvalue weighted by Crippen LogP contribution is 2.39. The Kier molecular flexibility index (Phi) is 3.68.